The highest BCUT2D eigenvalue weighted by Crippen LogP contribution is 2.26. The van der Waals surface area contributed by atoms with Crippen LogP contribution in [0.3, 0.4) is 0 Å². The van der Waals surface area contributed by atoms with Crippen LogP contribution in [0.5, 0.6) is 0 Å². The number of rotatable bonds is 8. The maximum atomic E-state index is 5.88. The molecule has 6 heteroatoms. The highest BCUT2D eigenvalue weighted by Gasteiger charge is 2.21. The van der Waals surface area contributed by atoms with E-state index in [1.165, 1.54) is 4.88 Å². The number of guanidine groups is 1. The molecule has 1 saturated heterocycles. The Balaban J connectivity index is 1.60. The van der Waals surface area contributed by atoms with Gasteiger partial charge in [-0.2, -0.15) is 0 Å². The summed E-state index contributed by atoms with van der Waals surface area (Å²) < 4.78 is 11.2. The molecule has 0 radical (unpaired) electrons. The van der Waals surface area contributed by atoms with Crippen molar-refractivity contribution in [2.24, 2.45) is 4.99 Å². The summed E-state index contributed by atoms with van der Waals surface area (Å²) in [7, 11) is 1.81. The number of ether oxygens (including phenoxy) is 2. The summed E-state index contributed by atoms with van der Waals surface area (Å²) in [6.07, 6.45) is 3.40. The number of nitrogens with zero attached hydrogens (tertiary/aromatic N) is 1. The molecule has 1 aliphatic rings. The lowest BCUT2D eigenvalue weighted by Gasteiger charge is -2.25. The number of aliphatic imine (C=N–C) groups is 1. The van der Waals surface area contributed by atoms with Crippen LogP contribution in [-0.4, -0.2) is 52.0 Å². The van der Waals surface area contributed by atoms with Gasteiger partial charge in [0.05, 0.1) is 6.10 Å². The molecular formula is C18H31N3O2S. The van der Waals surface area contributed by atoms with Crippen LogP contribution in [0.15, 0.2) is 22.5 Å². The van der Waals surface area contributed by atoms with Crippen molar-refractivity contribution >= 4 is 17.3 Å². The molecule has 0 aromatic carbocycles. The molecule has 5 nitrogen and oxygen atoms in total. The molecule has 0 amide bonds. The number of hydrogen-bond acceptors (Lipinski definition) is 4. The normalized spacial score (nSPS) is 17.0. The zero-order valence-corrected chi connectivity index (χ0v) is 16.0. The van der Waals surface area contributed by atoms with Gasteiger partial charge in [0.2, 0.25) is 0 Å². The first kappa shape index (κ1) is 19.2. The van der Waals surface area contributed by atoms with Crippen LogP contribution in [0.25, 0.3) is 0 Å². The van der Waals surface area contributed by atoms with E-state index in [2.05, 4.69) is 47.0 Å². The van der Waals surface area contributed by atoms with Gasteiger partial charge in [-0.25, -0.2) is 0 Å². The summed E-state index contributed by atoms with van der Waals surface area (Å²) in [5, 5.41) is 8.92. The topological polar surface area (TPSA) is 54.9 Å². The van der Waals surface area contributed by atoms with E-state index in [1.807, 2.05) is 7.05 Å². The van der Waals surface area contributed by atoms with Crippen molar-refractivity contribution in [2.75, 3.05) is 40.0 Å². The van der Waals surface area contributed by atoms with Crippen molar-refractivity contribution in [3.63, 3.8) is 0 Å². The Bertz CT molecular complexity index is 482. The van der Waals surface area contributed by atoms with Crippen LogP contribution >= 0.6 is 11.3 Å². The fraction of sp³-hybridized carbons (Fsp3) is 0.722. The molecule has 2 N–H and O–H groups in total. The van der Waals surface area contributed by atoms with E-state index in [1.54, 1.807) is 11.3 Å². The predicted molar refractivity (Wildman–Crippen MR) is 101 cm³/mol. The monoisotopic (exact) mass is 353 g/mol. The molecule has 1 aromatic rings. The summed E-state index contributed by atoms with van der Waals surface area (Å²) >= 11 is 1.80. The maximum absolute atomic E-state index is 5.88. The molecule has 2 heterocycles. The van der Waals surface area contributed by atoms with E-state index in [-0.39, 0.29) is 5.41 Å². The minimum atomic E-state index is 0.0952. The number of thiophene rings is 1. The fourth-order valence-corrected chi connectivity index (χ4v) is 3.50. The Hall–Kier alpha value is -1.11. The fourth-order valence-electron chi connectivity index (χ4n) is 2.65. The zero-order chi connectivity index (χ0) is 17.3. The molecule has 0 atom stereocenters. The smallest absolute Gasteiger partial charge is 0.191 e. The van der Waals surface area contributed by atoms with Gasteiger partial charge in [-0.15, -0.1) is 11.3 Å². The Morgan fingerprint density at radius 1 is 1.38 bits per heavy atom. The van der Waals surface area contributed by atoms with E-state index in [0.29, 0.717) is 6.10 Å². The van der Waals surface area contributed by atoms with Gasteiger partial charge < -0.3 is 20.1 Å². The lowest BCUT2D eigenvalue weighted by atomic mass is 9.91. The lowest BCUT2D eigenvalue weighted by molar-refractivity contribution is -0.0320. The van der Waals surface area contributed by atoms with E-state index < -0.39 is 0 Å². The first-order chi connectivity index (χ1) is 11.6. The third-order valence-corrected chi connectivity index (χ3v) is 5.48. The number of nitrogens with one attached hydrogen (secondary N) is 2. The highest BCUT2D eigenvalue weighted by atomic mass is 32.1. The lowest BCUT2D eigenvalue weighted by Crippen LogP contribution is -2.43. The largest absolute Gasteiger partial charge is 0.381 e. The minimum Gasteiger partial charge on any atom is -0.381 e. The molecule has 2 rings (SSSR count). The van der Waals surface area contributed by atoms with E-state index in [0.717, 1.165) is 58.1 Å². The minimum absolute atomic E-state index is 0.0952. The Labute approximate surface area is 149 Å². The third kappa shape index (κ3) is 6.42. The van der Waals surface area contributed by atoms with Gasteiger partial charge in [0.25, 0.3) is 0 Å². The van der Waals surface area contributed by atoms with Crippen molar-refractivity contribution < 1.29 is 9.47 Å². The van der Waals surface area contributed by atoms with Crippen LogP contribution in [0.1, 0.15) is 38.0 Å². The van der Waals surface area contributed by atoms with Gasteiger partial charge in [-0.05, 0) is 30.7 Å². The first-order valence-corrected chi connectivity index (χ1v) is 9.67. The SMILES string of the molecule is CN=C(NCCCOC1CCOCC1)NCC(C)(C)c1cccs1. The van der Waals surface area contributed by atoms with Gasteiger partial charge in [0.15, 0.2) is 5.96 Å². The second-order valence-electron chi connectivity index (χ2n) is 6.75. The molecule has 24 heavy (non-hydrogen) atoms. The molecule has 0 bridgehead atoms. The van der Waals surface area contributed by atoms with Crippen LogP contribution in [0.2, 0.25) is 0 Å². The molecule has 0 aliphatic carbocycles. The van der Waals surface area contributed by atoms with Crippen LogP contribution in [0.4, 0.5) is 0 Å². The highest BCUT2D eigenvalue weighted by molar-refractivity contribution is 7.10. The van der Waals surface area contributed by atoms with Crippen molar-refractivity contribution in [2.45, 2.75) is 44.6 Å². The molecule has 1 aliphatic heterocycles. The van der Waals surface area contributed by atoms with Gasteiger partial charge in [-0.3, -0.25) is 4.99 Å². The van der Waals surface area contributed by atoms with Gasteiger partial charge >= 0.3 is 0 Å². The predicted octanol–water partition coefficient (Wildman–Crippen LogP) is 2.78. The average Bonchev–Trinajstić information content (AvgIpc) is 3.14. The molecule has 1 aromatic heterocycles. The van der Waals surface area contributed by atoms with Crippen molar-refractivity contribution in [3.05, 3.63) is 22.4 Å². The second kappa shape index (κ2) is 10.0. The third-order valence-electron chi connectivity index (χ3n) is 4.25. The average molecular weight is 354 g/mol. The molecular weight excluding hydrogens is 322 g/mol. The maximum Gasteiger partial charge on any atom is 0.191 e. The molecule has 0 unspecified atom stereocenters. The summed E-state index contributed by atoms with van der Waals surface area (Å²) in [5.74, 6) is 0.852. The number of hydrogen-bond donors (Lipinski definition) is 2. The van der Waals surface area contributed by atoms with E-state index >= 15 is 0 Å². The molecule has 1 fully saturated rings. The summed E-state index contributed by atoms with van der Waals surface area (Å²) in [6, 6.07) is 4.30. The molecule has 0 spiro atoms. The Kier molecular flexibility index (Phi) is 8.02. The quantitative estimate of drug-likeness (QED) is 0.429. The second-order valence-corrected chi connectivity index (χ2v) is 7.70. The van der Waals surface area contributed by atoms with Crippen molar-refractivity contribution in [3.8, 4) is 0 Å². The summed E-state index contributed by atoms with van der Waals surface area (Å²) in [6.45, 7) is 8.67. The van der Waals surface area contributed by atoms with E-state index in [9.17, 15) is 0 Å². The molecule has 0 saturated carbocycles. The standard InChI is InChI=1S/C18H31N3O2S/c1-18(2,16-6-4-13-24-16)14-21-17(19-3)20-9-5-10-23-15-7-11-22-12-8-15/h4,6,13,15H,5,7-12,14H2,1-3H3,(H2,19,20,21). The van der Waals surface area contributed by atoms with Crippen LogP contribution < -0.4 is 10.6 Å². The van der Waals surface area contributed by atoms with Gasteiger partial charge in [0, 0.05) is 50.2 Å². The van der Waals surface area contributed by atoms with Crippen molar-refractivity contribution in [1.82, 2.24) is 10.6 Å². The van der Waals surface area contributed by atoms with Crippen molar-refractivity contribution in [1.29, 1.82) is 0 Å². The molecule has 136 valence electrons. The van der Waals surface area contributed by atoms with Crippen LogP contribution in [0, 0.1) is 0 Å². The Morgan fingerprint density at radius 2 is 2.17 bits per heavy atom. The van der Waals surface area contributed by atoms with E-state index in [4.69, 9.17) is 9.47 Å². The van der Waals surface area contributed by atoms with Crippen LogP contribution in [-0.2, 0) is 14.9 Å². The summed E-state index contributed by atoms with van der Waals surface area (Å²) in [5.41, 5.74) is 0.0952. The zero-order valence-electron chi connectivity index (χ0n) is 15.1. The first-order valence-electron chi connectivity index (χ1n) is 8.79. The summed E-state index contributed by atoms with van der Waals surface area (Å²) in [4.78, 5) is 5.68. The van der Waals surface area contributed by atoms with Gasteiger partial charge in [0.1, 0.15) is 0 Å². The Morgan fingerprint density at radius 3 is 2.83 bits per heavy atom. The van der Waals surface area contributed by atoms with Gasteiger partial charge in [-0.1, -0.05) is 19.9 Å².